The molecule has 0 saturated carbocycles. The lowest BCUT2D eigenvalue weighted by atomic mass is 9.92. The number of carbonyl (C=O) groups is 2. The fourth-order valence-electron chi connectivity index (χ4n) is 3.64. The van der Waals surface area contributed by atoms with Gasteiger partial charge in [-0.25, -0.2) is 4.79 Å². The molecule has 152 valence electrons. The third kappa shape index (κ3) is 3.74. The van der Waals surface area contributed by atoms with Crippen molar-refractivity contribution in [3.05, 3.63) is 81.3 Å². The van der Waals surface area contributed by atoms with E-state index in [1.54, 1.807) is 24.3 Å². The molecule has 0 radical (unpaired) electrons. The number of urea groups is 1. The number of benzene rings is 3. The molecule has 0 saturated heterocycles. The Hall–Kier alpha value is -3.02. The maximum absolute atomic E-state index is 12.9. The summed E-state index contributed by atoms with van der Waals surface area (Å²) in [6.07, 6.45) is -0.169. The van der Waals surface area contributed by atoms with Gasteiger partial charge in [0, 0.05) is 12.1 Å². The molecular weight excluding hydrogens is 423 g/mol. The Kier molecular flexibility index (Phi) is 5.41. The number of carbonyl (C=O) groups excluding carboxylic acids is 1. The van der Waals surface area contributed by atoms with Crippen molar-refractivity contribution in [3.8, 4) is 11.1 Å². The molecule has 1 aliphatic heterocycles. The second-order valence-electron chi connectivity index (χ2n) is 7.14. The van der Waals surface area contributed by atoms with E-state index in [4.69, 9.17) is 23.2 Å². The Morgan fingerprint density at radius 2 is 1.77 bits per heavy atom. The summed E-state index contributed by atoms with van der Waals surface area (Å²) in [4.78, 5) is 25.7. The predicted molar refractivity (Wildman–Crippen MR) is 119 cm³/mol. The first-order valence-electron chi connectivity index (χ1n) is 9.31. The Bertz CT molecular complexity index is 1140. The van der Waals surface area contributed by atoms with E-state index in [-0.39, 0.29) is 12.5 Å². The van der Waals surface area contributed by atoms with Gasteiger partial charge < -0.3 is 10.4 Å². The normalized spacial score (nSPS) is 13.0. The van der Waals surface area contributed by atoms with Crippen molar-refractivity contribution < 1.29 is 14.7 Å². The molecule has 7 heteroatoms. The van der Waals surface area contributed by atoms with Gasteiger partial charge in [0.2, 0.25) is 0 Å². The van der Waals surface area contributed by atoms with E-state index >= 15 is 0 Å². The number of anilines is 2. The second-order valence-corrected chi connectivity index (χ2v) is 7.96. The number of fused-ring (bicyclic) bond motifs is 1. The number of para-hydroxylation sites is 1. The molecule has 0 atom stereocenters. The van der Waals surface area contributed by atoms with Crippen LogP contribution in [0.2, 0.25) is 10.0 Å². The number of halogens is 2. The molecule has 0 bridgehead atoms. The van der Waals surface area contributed by atoms with Gasteiger partial charge in [0.1, 0.15) is 0 Å². The van der Waals surface area contributed by atoms with E-state index in [9.17, 15) is 14.7 Å². The molecule has 3 aromatic rings. The summed E-state index contributed by atoms with van der Waals surface area (Å²) in [6, 6.07) is 16.2. The number of amides is 2. The lowest BCUT2D eigenvalue weighted by molar-refractivity contribution is -0.136. The van der Waals surface area contributed by atoms with Gasteiger partial charge >= 0.3 is 12.0 Å². The molecule has 0 aromatic heterocycles. The summed E-state index contributed by atoms with van der Waals surface area (Å²) in [5, 5.41) is 12.9. The van der Waals surface area contributed by atoms with Crippen molar-refractivity contribution in [2.45, 2.75) is 19.9 Å². The third-order valence-electron chi connectivity index (χ3n) is 5.03. The van der Waals surface area contributed by atoms with Crippen LogP contribution in [-0.2, 0) is 17.8 Å². The molecule has 30 heavy (non-hydrogen) atoms. The van der Waals surface area contributed by atoms with Gasteiger partial charge in [-0.2, -0.15) is 0 Å². The molecule has 3 aromatic carbocycles. The van der Waals surface area contributed by atoms with E-state index in [0.29, 0.717) is 33.5 Å². The van der Waals surface area contributed by atoms with Gasteiger partial charge in [-0.1, -0.05) is 65.2 Å². The van der Waals surface area contributed by atoms with Crippen molar-refractivity contribution in [1.29, 1.82) is 0 Å². The summed E-state index contributed by atoms with van der Waals surface area (Å²) in [5.74, 6) is -0.951. The number of hydrogen-bond donors (Lipinski definition) is 2. The SMILES string of the molecule is Cc1ccc(-c2cc(CC(=O)O)cc3c2CNC(=O)N3c2c(Cl)cccc2Cl)cc1. The van der Waals surface area contributed by atoms with E-state index in [1.807, 2.05) is 37.3 Å². The topological polar surface area (TPSA) is 69.6 Å². The Labute approximate surface area is 183 Å². The van der Waals surface area contributed by atoms with Crippen LogP contribution in [0.3, 0.4) is 0 Å². The molecule has 0 fully saturated rings. The molecule has 4 rings (SSSR count). The molecule has 2 N–H and O–H groups in total. The lowest BCUT2D eigenvalue weighted by Crippen LogP contribution is -2.41. The molecular formula is C23H18Cl2N2O3. The minimum absolute atomic E-state index is 0.169. The zero-order valence-electron chi connectivity index (χ0n) is 16.1. The minimum Gasteiger partial charge on any atom is -0.481 e. The number of rotatable bonds is 4. The van der Waals surface area contributed by atoms with E-state index in [0.717, 1.165) is 22.3 Å². The third-order valence-corrected chi connectivity index (χ3v) is 5.64. The van der Waals surface area contributed by atoms with Crippen molar-refractivity contribution in [2.24, 2.45) is 0 Å². The number of aliphatic carboxylic acids is 1. The molecule has 0 spiro atoms. The maximum atomic E-state index is 12.9. The Morgan fingerprint density at radius 3 is 2.40 bits per heavy atom. The van der Waals surface area contributed by atoms with Gasteiger partial charge in [-0.05, 0) is 41.8 Å². The Morgan fingerprint density at radius 1 is 1.10 bits per heavy atom. The van der Waals surface area contributed by atoms with Crippen LogP contribution >= 0.6 is 23.2 Å². The zero-order valence-corrected chi connectivity index (χ0v) is 17.6. The maximum Gasteiger partial charge on any atom is 0.326 e. The average molecular weight is 441 g/mol. The van der Waals surface area contributed by atoms with Crippen molar-refractivity contribution >= 4 is 46.6 Å². The van der Waals surface area contributed by atoms with Crippen LogP contribution in [0.15, 0.2) is 54.6 Å². The monoisotopic (exact) mass is 440 g/mol. The molecule has 5 nitrogen and oxygen atoms in total. The smallest absolute Gasteiger partial charge is 0.326 e. The summed E-state index contributed by atoms with van der Waals surface area (Å²) in [5.41, 5.74) is 5.29. The highest BCUT2D eigenvalue weighted by Gasteiger charge is 2.31. The first-order valence-corrected chi connectivity index (χ1v) is 10.1. The fraction of sp³-hybridized carbons (Fsp3) is 0.130. The number of carboxylic acids is 1. The highest BCUT2D eigenvalue weighted by molar-refractivity contribution is 6.40. The van der Waals surface area contributed by atoms with E-state index in [1.165, 1.54) is 4.90 Å². The number of aryl methyl sites for hydroxylation is 1. The van der Waals surface area contributed by atoms with Crippen LogP contribution in [-0.4, -0.2) is 17.1 Å². The molecule has 0 unspecified atom stereocenters. The zero-order chi connectivity index (χ0) is 21.4. The molecule has 1 aliphatic rings. The summed E-state index contributed by atoms with van der Waals surface area (Å²) in [7, 11) is 0. The summed E-state index contributed by atoms with van der Waals surface area (Å²) in [6.45, 7) is 2.31. The summed E-state index contributed by atoms with van der Waals surface area (Å²) < 4.78 is 0. The standard InChI is InChI=1S/C23H18Cl2N2O3/c1-13-5-7-15(8-6-13)16-9-14(11-21(28)29)10-20-17(16)12-26-23(30)27(20)22-18(24)3-2-4-19(22)25/h2-10H,11-12H2,1H3,(H,26,30)(H,28,29). The lowest BCUT2D eigenvalue weighted by Gasteiger charge is -2.33. The number of nitrogens with zero attached hydrogens (tertiary/aromatic N) is 1. The highest BCUT2D eigenvalue weighted by Crippen LogP contribution is 2.43. The second kappa shape index (κ2) is 8.01. The minimum atomic E-state index is -0.951. The van der Waals surface area contributed by atoms with Gasteiger partial charge in [0.15, 0.2) is 0 Å². The first kappa shape index (κ1) is 20.3. The van der Waals surface area contributed by atoms with Crippen molar-refractivity contribution in [2.75, 3.05) is 4.90 Å². The van der Waals surface area contributed by atoms with E-state index < -0.39 is 5.97 Å². The van der Waals surface area contributed by atoms with Crippen LogP contribution in [0.4, 0.5) is 16.2 Å². The van der Waals surface area contributed by atoms with Crippen molar-refractivity contribution in [3.63, 3.8) is 0 Å². The van der Waals surface area contributed by atoms with Gasteiger partial charge in [-0.3, -0.25) is 9.69 Å². The highest BCUT2D eigenvalue weighted by atomic mass is 35.5. The largest absolute Gasteiger partial charge is 0.481 e. The molecule has 1 heterocycles. The quantitative estimate of drug-likeness (QED) is 0.525. The van der Waals surface area contributed by atoms with Gasteiger partial charge in [0.05, 0.1) is 27.8 Å². The first-order chi connectivity index (χ1) is 14.3. The Balaban J connectivity index is 1.98. The van der Waals surface area contributed by atoms with Crippen molar-refractivity contribution in [1.82, 2.24) is 5.32 Å². The molecule has 0 aliphatic carbocycles. The van der Waals surface area contributed by atoms with Gasteiger partial charge in [0.25, 0.3) is 0 Å². The summed E-state index contributed by atoms with van der Waals surface area (Å²) >= 11 is 12.8. The number of carboxylic acid groups (broad SMARTS) is 1. The number of nitrogens with one attached hydrogen (secondary N) is 1. The fourth-order valence-corrected chi connectivity index (χ4v) is 4.21. The average Bonchev–Trinajstić information content (AvgIpc) is 2.69. The molecule has 2 amide bonds. The van der Waals surface area contributed by atoms with E-state index in [2.05, 4.69) is 5.32 Å². The van der Waals surface area contributed by atoms with Crippen LogP contribution in [0, 0.1) is 6.92 Å². The van der Waals surface area contributed by atoms with Crippen LogP contribution in [0.25, 0.3) is 11.1 Å². The predicted octanol–water partition coefficient (Wildman–Crippen LogP) is 5.96. The van der Waals surface area contributed by atoms with Crippen LogP contribution in [0.5, 0.6) is 0 Å². The van der Waals surface area contributed by atoms with Gasteiger partial charge in [-0.15, -0.1) is 0 Å². The van der Waals surface area contributed by atoms with Crippen LogP contribution < -0.4 is 10.2 Å². The van der Waals surface area contributed by atoms with Crippen LogP contribution in [0.1, 0.15) is 16.7 Å². The number of hydrogen-bond acceptors (Lipinski definition) is 2.